The Kier molecular flexibility index (Phi) is 8.74. The van der Waals surface area contributed by atoms with Crippen molar-refractivity contribution >= 4 is 28.5 Å². The fourth-order valence-electron chi connectivity index (χ4n) is 2.43. The SMILES string of the molecule is CO/N=C(/C(=O)OC)c1ccccc1CO/N=C(\SC)c1ccc(OC(F)(F)F)cc1. The second-order valence-corrected chi connectivity index (χ2v) is 6.51. The smallest absolute Gasteiger partial charge is 0.464 e. The lowest BCUT2D eigenvalue weighted by Gasteiger charge is -2.11. The zero-order valence-corrected chi connectivity index (χ0v) is 17.6. The van der Waals surface area contributed by atoms with Crippen LogP contribution in [0.15, 0.2) is 58.8 Å². The molecule has 0 saturated heterocycles. The summed E-state index contributed by atoms with van der Waals surface area (Å²) in [6.45, 7) is -0.00473. The van der Waals surface area contributed by atoms with Gasteiger partial charge < -0.3 is 19.1 Å². The van der Waals surface area contributed by atoms with E-state index in [1.165, 1.54) is 50.2 Å². The Morgan fingerprint density at radius 3 is 2.29 bits per heavy atom. The van der Waals surface area contributed by atoms with Crippen LogP contribution in [0, 0.1) is 0 Å². The van der Waals surface area contributed by atoms with Gasteiger partial charge in [-0.05, 0) is 30.5 Å². The maximum Gasteiger partial charge on any atom is 0.573 e. The standard InChI is InChI=1S/C20H19F3N2O5S/c1-27-19(26)17(24-28-2)16-7-5-4-6-14(16)12-29-25-18(31-3)13-8-10-15(11-9-13)30-20(21,22)23/h4-11H,12H2,1-3H3/b24-17+,25-18-. The molecule has 31 heavy (non-hydrogen) atoms. The third-order valence-corrected chi connectivity index (χ3v) is 4.43. The lowest BCUT2D eigenvalue weighted by molar-refractivity contribution is -0.274. The number of hydrogen-bond acceptors (Lipinski definition) is 8. The van der Waals surface area contributed by atoms with Gasteiger partial charge >= 0.3 is 12.3 Å². The van der Waals surface area contributed by atoms with Crippen molar-refractivity contribution in [2.24, 2.45) is 10.3 Å². The Morgan fingerprint density at radius 2 is 1.71 bits per heavy atom. The summed E-state index contributed by atoms with van der Waals surface area (Å²) in [5, 5.41) is 8.21. The van der Waals surface area contributed by atoms with Crippen LogP contribution in [0.4, 0.5) is 13.2 Å². The minimum Gasteiger partial charge on any atom is -0.464 e. The quantitative estimate of drug-likeness (QED) is 0.254. The van der Waals surface area contributed by atoms with Crippen LogP contribution in [0.5, 0.6) is 5.75 Å². The van der Waals surface area contributed by atoms with E-state index < -0.39 is 12.3 Å². The van der Waals surface area contributed by atoms with Crippen molar-refractivity contribution in [3.63, 3.8) is 0 Å². The van der Waals surface area contributed by atoms with Crippen LogP contribution < -0.4 is 4.74 Å². The highest BCUT2D eigenvalue weighted by Crippen LogP contribution is 2.24. The first kappa shape index (κ1) is 24.1. The van der Waals surface area contributed by atoms with Crippen LogP contribution >= 0.6 is 11.8 Å². The van der Waals surface area contributed by atoms with Crippen LogP contribution in [-0.4, -0.2) is 43.6 Å². The number of carbonyl (C=O) groups is 1. The van der Waals surface area contributed by atoms with Crippen molar-refractivity contribution in [3.05, 3.63) is 65.2 Å². The number of halogens is 3. The molecule has 2 aromatic carbocycles. The van der Waals surface area contributed by atoms with Gasteiger partial charge in [-0.3, -0.25) is 0 Å². The first-order valence-corrected chi connectivity index (χ1v) is 9.89. The minimum atomic E-state index is -4.76. The van der Waals surface area contributed by atoms with Crippen LogP contribution in [0.1, 0.15) is 16.7 Å². The first-order chi connectivity index (χ1) is 14.8. The molecule has 2 rings (SSSR count). The van der Waals surface area contributed by atoms with E-state index in [0.717, 1.165) is 0 Å². The highest BCUT2D eigenvalue weighted by atomic mass is 32.2. The monoisotopic (exact) mass is 456 g/mol. The van der Waals surface area contributed by atoms with Crippen molar-refractivity contribution in [1.29, 1.82) is 0 Å². The summed E-state index contributed by atoms with van der Waals surface area (Å²) in [5.41, 5.74) is 1.57. The molecule has 0 aromatic heterocycles. The molecule has 166 valence electrons. The van der Waals surface area contributed by atoms with E-state index in [9.17, 15) is 18.0 Å². The second kappa shape index (κ2) is 11.3. The van der Waals surface area contributed by atoms with Crippen molar-refractivity contribution in [2.75, 3.05) is 20.5 Å². The van der Waals surface area contributed by atoms with Gasteiger partial charge in [0.15, 0.2) is 5.71 Å². The summed E-state index contributed by atoms with van der Waals surface area (Å²) < 4.78 is 45.5. The number of alkyl halides is 3. The Hall–Kier alpha value is -3.21. The fourth-order valence-corrected chi connectivity index (χ4v) is 2.93. The van der Waals surface area contributed by atoms with E-state index in [0.29, 0.717) is 21.7 Å². The molecule has 0 saturated carbocycles. The molecule has 0 radical (unpaired) electrons. The number of carbonyl (C=O) groups excluding carboxylic acids is 1. The van der Waals surface area contributed by atoms with Gasteiger partial charge in [0.05, 0.1) is 7.11 Å². The summed E-state index contributed by atoms with van der Waals surface area (Å²) in [5.74, 6) is -1.01. The van der Waals surface area contributed by atoms with E-state index in [4.69, 9.17) is 14.4 Å². The maximum absolute atomic E-state index is 12.3. The highest BCUT2D eigenvalue weighted by molar-refractivity contribution is 8.13. The summed E-state index contributed by atoms with van der Waals surface area (Å²) in [6.07, 6.45) is -3.01. The predicted octanol–water partition coefficient (Wildman–Crippen LogP) is 4.35. The molecule has 0 N–H and O–H groups in total. The number of rotatable bonds is 8. The number of ether oxygens (including phenoxy) is 2. The van der Waals surface area contributed by atoms with Crippen LogP contribution in [0.3, 0.4) is 0 Å². The molecule has 0 aliphatic rings. The minimum absolute atomic E-state index is 0.00473. The molecule has 0 aliphatic heterocycles. The molecule has 0 heterocycles. The molecular weight excluding hydrogens is 437 g/mol. The largest absolute Gasteiger partial charge is 0.573 e. The molecule has 11 heteroatoms. The molecule has 0 aliphatic carbocycles. The Morgan fingerprint density at radius 1 is 1.03 bits per heavy atom. The molecule has 7 nitrogen and oxygen atoms in total. The van der Waals surface area contributed by atoms with E-state index >= 15 is 0 Å². The fraction of sp³-hybridized carbons (Fsp3) is 0.250. The number of hydrogen-bond donors (Lipinski definition) is 0. The van der Waals surface area contributed by atoms with Gasteiger partial charge in [0, 0.05) is 16.7 Å². The number of benzene rings is 2. The molecular formula is C20H19F3N2O5S. The zero-order valence-electron chi connectivity index (χ0n) is 16.8. The van der Waals surface area contributed by atoms with Gasteiger partial charge in [-0.1, -0.05) is 34.6 Å². The number of oxime groups is 2. The Balaban J connectivity index is 2.17. The van der Waals surface area contributed by atoms with Crippen LogP contribution in [-0.2, 0) is 25.8 Å². The summed E-state index contributed by atoms with van der Waals surface area (Å²) in [6, 6.07) is 12.1. The third kappa shape index (κ3) is 7.21. The van der Waals surface area contributed by atoms with Crippen LogP contribution in [0.2, 0.25) is 0 Å². The average molecular weight is 456 g/mol. The highest BCUT2D eigenvalue weighted by Gasteiger charge is 2.31. The van der Waals surface area contributed by atoms with Gasteiger partial charge in [0.1, 0.15) is 24.5 Å². The zero-order chi connectivity index (χ0) is 22.9. The molecule has 0 atom stereocenters. The normalized spacial score (nSPS) is 12.3. The number of esters is 1. The lowest BCUT2D eigenvalue weighted by Crippen LogP contribution is -2.19. The second-order valence-electron chi connectivity index (χ2n) is 5.72. The van der Waals surface area contributed by atoms with E-state index in [1.54, 1.807) is 30.5 Å². The maximum atomic E-state index is 12.3. The van der Waals surface area contributed by atoms with E-state index in [1.807, 2.05) is 0 Å². The van der Waals surface area contributed by atoms with Crippen molar-refractivity contribution in [2.45, 2.75) is 13.0 Å². The molecule has 0 unspecified atom stereocenters. The van der Waals surface area contributed by atoms with Gasteiger partial charge in [-0.15, -0.1) is 24.9 Å². The van der Waals surface area contributed by atoms with Crippen LogP contribution in [0.25, 0.3) is 0 Å². The van der Waals surface area contributed by atoms with Crippen molar-refractivity contribution in [1.82, 2.24) is 0 Å². The van der Waals surface area contributed by atoms with Crippen molar-refractivity contribution < 1.29 is 37.1 Å². The van der Waals surface area contributed by atoms with Gasteiger partial charge in [-0.25, -0.2) is 4.79 Å². The van der Waals surface area contributed by atoms with E-state index in [2.05, 4.69) is 15.0 Å². The molecule has 2 aromatic rings. The number of methoxy groups -OCH3 is 1. The lowest BCUT2D eigenvalue weighted by atomic mass is 10.0. The average Bonchev–Trinajstić information content (AvgIpc) is 2.74. The topological polar surface area (TPSA) is 78.7 Å². The van der Waals surface area contributed by atoms with E-state index in [-0.39, 0.29) is 18.1 Å². The molecule has 0 fully saturated rings. The summed E-state index contributed by atoms with van der Waals surface area (Å²) >= 11 is 1.25. The first-order valence-electron chi connectivity index (χ1n) is 8.67. The Labute approximate surface area is 180 Å². The van der Waals surface area contributed by atoms with Gasteiger partial charge in [0.25, 0.3) is 0 Å². The number of nitrogens with zero attached hydrogens (tertiary/aromatic N) is 2. The molecule has 0 amide bonds. The molecule has 0 bridgehead atoms. The van der Waals surface area contributed by atoms with Gasteiger partial charge in [-0.2, -0.15) is 0 Å². The third-order valence-electron chi connectivity index (χ3n) is 3.73. The summed E-state index contributed by atoms with van der Waals surface area (Å²) in [4.78, 5) is 22.2. The Bertz CT molecular complexity index is 947. The summed E-state index contributed by atoms with van der Waals surface area (Å²) in [7, 11) is 2.54. The van der Waals surface area contributed by atoms with Gasteiger partial charge in [0.2, 0.25) is 0 Å². The predicted molar refractivity (Wildman–Crippen MR) is 110 cm³/mol. The number of thioether (sulfide) groups is 1. The van der Waals surface area contributed by atoms with Crippen molar-refractivity contribution in [3.8, 4) is 5.75 Å². The molecule has 0 spiro atoms.